The number of anilines is 1. The van der Waals surface area contributed by atoms with Gasteiger partial charge in [0.15, 0.2) is 0 Å². The largest absolute Gasteiger partial charge is 0.465 e. The first kappa shape index (κ1) is 26.2. The Morgan fingerprint density at radius 3 is 2.41 bits per heavy atom. The minimum atomic E-state index is -0.829. The molecule has 194 valence electrons. The number of carbonyl (C=O) groups is 2. The molecule has 1 N–H and O–H groups in total. The van der Waals surface area contributed by atoms with Crippen LogP contribution in [-0.4, -0.2) is 66.0 Å². The number of esters is 1. The number of hydrogen-bond donors (Lipinski definition) is 1. The highest BCUT2D eigenvalue weighted by molar-refractivity contribution is 5.97. The van der Waals surface area contributed by atoms with E-state index in [9.17, 15) is 18.4 Å². The van der Waals surface area contributed by atoms with Crippen LogP contribution in [-0.2, 0) is 11.3 Å². The lowest BCUT2D eigenvalue weighted by molar-refractivity contribution is 0.0589. The van der Waals surface area contributed by atoms with E-state index in [0.717, 1.165) is 26.3 Å². The standard InChI is InChI=1S/C28H30F2N4O3/c1-18(2)33-11-13-34(14-12-33)27(35)21-9-10-25(32-17-21)31-16-20-8-7-19(15-24(20)30)22-5-4-6-23(29)26(22)28(36)37-3/h4-10,15,17-18H,11-14,16H2,1-3H3,(H,31,32). The van der Waals surface area contributed by atoms with Gasteiger partial charge in [0.05, 0.1) is 12.7 Å². The van der Waals surface area contributed by atoms with Crippen molar-refractivity contribution < 1.29 is 23.1 Å². The van der Waals surface area contributed by atoms with Crippen molar-refractivity contribution in [2.45, 2.75) is 26.4 Å². The van der Waals surface area contributed by atoms with Crippen molar-refractivity contribution in [1.82, 2.24) is 14.8 Å². The van der Waals surface area contributed by atoms with Gasteiger partial charge in [-0.3, -0.25) is 9.69 Å². The topological polar surface area (TPSA) is 74.8 Å². The van der Waals surface area contributed by atoms with E-state index in [1.54, 1.807) is 30.3 Å². The number of methoxy groups -OCH3 is 1. The highest BCUT2D eigenvalue weighted by atomic mass is 19.1. The van der Waals surface area contributed by atoms with Gasteiger partial charge in [0, 0.05) is 50.5 Å². The Morgan fingerprint density at radius 2 is 1.78 bits per heavy atom. The molecule has 1 aliphatic rings. The van der Waals surface area contributed by atoms with Crippen molar-refractivity contribution in [3.05, 3.63) is 83.1 Å². The molecule has 9 heteroatoms. The van der Waals surface area contributed by atoms with E-state index in [2.05, 4.69) is 33.8 Å². The molecule has 4 rings (SSSR count). The zero-order valence-corrected chi connectivity index (χ0v) is 21.1. The number of rotatable bonds is 7. The molecule has 1 aliphatic heterocycles. The summed E-state index contributed by atoms with van der Waals surface area (Å²) < 4.78 is 33.8. The molecule has 0 saturated carbocycles. The van der Waals surface area contributed by atoms with E-state index in [0.29, 0.717) is 41.6 Å². The Bertz CT molecular complexity index is 1270. The lowest BCUT2D eigenvalue weighted by Gasteiger charge is -2.36. The number of nitrogens with one attached hydrogen (secondary N) is 1. The van der Waals surface area contributed by atoms with Crippen molar-refractivity contribution >= 4 is 17.7 Å². The molecular formula is C28H30F2N4O3. The normalized spacial score (nSPS) is 14.1. The Hall–Kier alpha value is -3.85. The lowest BCUT2D eigenvalue weighted by atomic mass is 9.98. The summed E-state index contributed by atoms with van der Waals surface area (Å²) >= 11 is 0. The molecule has 0 radical (unpaired) electrons. The number of carbonyl (C=O) groups excluding carboxylic acids is 2. The number of ether oxygens (including phenoxy) is 1. The van der Waals surface area contributed by atoms with Crippen LogP contribution < -0.4 is 5.32 Å². The Labute approximate surface area is 215 Å². The summed E-state index contributed by atoms with van der Waals surface area (Å²) in [6.07, 6.45) is 1.53. The number of amides is 1. The maximum Gasteiger partial charge on any atom is 0.341 e. The molecule has 3 aromatic rings. The van der Waals surface area contributed by atoms with E-state index in [-0.39, 0.29) is 23.6 Å². The molecule has 37 heavy (non-hydrogen) atoms. The second-order valence-electron chi connectivity index (χ2n) is 9.17. The highest BCUT2D eigenvalue weighted by Crippen LogP contribution is 2.28. The van der Waals surface area contributed by atoms with E-state index in [1.165, 1.54) is 18.3 Å². The smallest absolute Gasteiger partial charge is 0.341 e. The summed E-state index contributed by atoms with van der Waals surface area (Å²) in [6.45, 7) is 7.52. The Balaban J connectivity index is 1.40. The van der Waals surface area contributed by atoms with Crippen LogP contribution in [0.3, 0.4) is 0 Å². The first-order chi connectivity index (χ1) is 17.8. The number of piperazine rings is 1. The molecule has 1 amide bonds. The predicted molar refractivity (Wildman–Crippen MR) is 137 cm³/mol. The molecule has 0 aliphatic carbocycles. The molecule has 0 atom stereocenters. The van der Waals surface area contributed by atoms with Gasteiger partial charge < -0.3 is 15.0 Å². The summed E-state index contributed by atoms with van der Waals surface area (Å²) in [4.78, 5) is 33.3. The third-order valence-electron chi connectivity index (χ3n) is 6.57. The zero-order chi connectivity index (χ0) is 26.5. The van der Waals surface area contributed by atoms with Gasteiger partial charge in [0.1, 0.15) is 23.0 Å². The van der Waals surface area contributed by atoms with Crippen LogP contribution in [0, 0.1) is 11.6 Å². The second-order valence-corrected chi connectivity index (χ2v) is 9.17. The summed E-state index contributed by atoms with van der Waals surface area (Å²) in [5, 5.41) is 3.06. The third-order valence-corrected chi connectivity index (χ3v) is 6.57. The van der Waals surface area contributed by atoms with E-state index < -0.39 is 17.6 Å². The van der Waals surface area contributed by atoms with Crippen LogP contribution in [0.5, 0.6) is 0 Å². The number of halogens is 2. The van der Waals surface area contributed by atoms with E-state index >= 15 is 0 Å². The molecular weight excluding hydrogens is 478 g/mol. The van der Waals surface area contributed by atoms with Crippen LogP contribution >= 0.6 is 0 Å². The number of nitrogens with zero attached hydrogens (tertiary/aromatic N) is 3. The molecule has 2 heterocycles. The summed E-state index contributed by atoms with van der Waals surface area (Å²) in [5.41, 5.74) is 1.24. The van der Waals surface area contributed by atoms with Crippen LogP contribution in [0.1, 0.15) is 40.1 Å². The number of aromatic nitrogens is 1. The minimum Gasteiger partial charge on any atom is -0.465 e. The van der Waals surface area contributed by atoms with Crippen LogP contribution in [0.2, 0.25) is 0 Å². The molecule has 2 aromatic carbocycles. The minimum absolute atomic E-state index is 0.0484. The summed E-state index contributed by atoms with van der Waals surface area (Å²) in [6, 6.07) is 12.5. The van der Waals surface area contributed by atoms with Gasteiger partial charge in [0.2, 0.25) is 0 Å². The molecule has 1 fully saturated rings. The molecule has 1 saturated heterocycles. The van der Waals surface area contributed by atoms with Crippen LogP contribution in [0.25, 0.3) is 11.1 Å². The first-order valence-corrected chi connectivity index (χ1v) is 12.2. The number of hydrogen-bond acceptors (Lipinski definition) is 6. The average Bonchev–Trinajstić information content (AvgIpc) is 2.91. The molecule has 0 unspecified atom stereocenters. The predicted octanol–water partition coefficient (Wildman–Crippen LogP) is 4.59. The van der Waals surface area contributed by atoms with Crippen molar-refractivity contribution in [3.8, 4) is 11.1 Å². The Kier molecular flexibility index (Phi) is 8.13. The molecule has 0 spiro atoms. The van der Waals surface area contributed by atoms with Crippen LogP contribution in [0.4, 0.5) is 14.6 Å². The molecule has 1 aromatic heterocycles. The monoisotopic (exact) mass is 508 g/mol. The van der Waals surface area contributed by atoms with Crippen molar-refractivity contribution in [3.63, 3.8) is 0 Å². The number of pyridine rings is 1. The Morgan fingerprint density at radius 1 is 1.03 bits per heavy atom. The van der Waals surface area contributed by atoms with Crippen molar-refractivity contribution in [1.29, 1.82) is 0 Å². The van der Waals surface area contributed by atoms with Gasteiger partial charge in [-0.1, -0.05) is 24.3 Å². The molecule has 0 bridgehead atoms. The van der Waals surface area contributed by atoms with E-state index in [1.807, 2.05) is 4.90 Å². The van der Waals surface area contributed by atoms with Crippen molar-refractivity contribution in [2.75, 3.05) is 38.6 Å². The summed E-state index contributed by atoms with van der Waals surface area (Å²) in [7, 11) is 1.16. The fourth-order valence-electron chi connectivity index (χ4n) is 4.37. The van der Waals surface area contributed by atoms with Gasteiger partial charge in [-0.2, -0.15) is 0 Å². The fourth-order valence-corrected chi connectivity index (χ4v) is 4.37. The van der Waals surface area contributed by atoms with Gasteiger partial charge >= 0.3 is 5.97 Å². The fraction of sp³-hybridized carbons (Fsp3) is 0.321. The summed E-state index contributed by atoms with van der Waals surface area (Å²) in [5.74, 6) is -1.63. The van der Waals surface area contributed by atoms with E-state index in [4.69, 9.17) is 0 Å². The van der Waals surface area contributed by atoms with Gasteiger partial charge in [0.25, 0.3) is 5.91 Å². The molecule has 7 nitrogen and oxygen atoms in total. The highest BCUT2D eigenvalue weighted by Gasteiger charge is 2.23. The third kappa shape index (κ3) is 5.94. The SMILES string of the molecule is COC(=O)c1c(F)cccc1-c1ccc(CNc2ccc(C(=O)N3CCN(C(C)C)CC3)cn2)c(F)c1. The van der Waals surface area contributed by atoms with Gasteiger partial charge in [-0.05, 0) is 49.2 Å². The maximum atomic E-state index is 14.9. The van der Waals surface area contributed by atoms with Crippen molar-refractivity contribution in [2.24, 2.45) is 0 Å². The van der Waals surface area contributed by atoms with Gasteiger partial charge in [-0.25, -0.2) is 18.6 Å². The quantitative estimate of drug-likeness (QED) is 0.471. The average molecular weight is 509 g/mol. The first-order valence-electron chi connectivity index (χ1n) is 12.2. The maximum absolute atomic E-state index is 14.9. The lowest BCUT2D eigenvalue weighted by Crippen LogP contribution is -2.50. The zero-order valence-electron chi connectivity index (χ0n) is 21.1. The van der Waals surface area contributed by atoms with Gasteiger partial charge in [-0.15, -0.1) is 0 Å². The number of benzene rings is 2. The second kappa shape index (κ2) is 11.5. The van der Waals surface area contributed by atoms with Crippen LogP contribution in [0.15, 0.2) is 54.7 Å².